The fourth-order valence-corrected chi connectivity index (χ4v) is 3.99. The SMILES string of the molecule is CCCS(=O)c1nc(NC2CC2)c2c(n1)N(Cc1ccccc1)C(=O)C2. The van der Waals surface area contributed by atoms with Gasteiger partial charge in [0.2, 0.25) is 11.1 Å². The van der Waals surface area contributed by atoms with Crippen LogP contribution in [-0.2, 0) is 28.6 Å². The Hall–Kier alpha value is -2.28. The minimum atomic E-state index is -1.25. The Labute approximate surface area is 155 Å². The number of rotatable bonds is 7. The van der Waals surface area contributed by atoms with E-state index in [2.05, 4.69) is 15.3 Å². The lowest BCUT2D eigenvalue weighted by molar-refractivity contribution is -0.117. The van der Waals surface area contributed by atoms with Gasteiger partial charge in [-0.3, -0.25) is 13.9 Å². The number of hydrogen-bond acceptors (Lipinski definition) is 5. The highest BCUT2D eigenvalue weighted by atomic mass is 32.2. The molecule has 1 unspecified atom stereocenters. The van der Waals surface area contributed by atoms with Crippen LogP contribution in [0, 0.1) is 0 Å². The van der Waals surface area contributed by atoms with Crippen LogP contribution < -0.4 is 10.2 Å². The Morgan fingerprint density at radius 3 is 2.69 bits per heavy atom. The van der Waals surface area contributed by atoms with Crippen molar-refractivity contribution in [3.63, 3.8) is 0 Å². The van der Waals surface area contributed by atoms with Crippen molar-refractivity contribution in [1.29, 1.82) is 0 Å². The molecule has 1 fully saturated rings. The molecule has 0 bridgehead atoms. The largest absolute Gasteiger partial charge is 0.367 e. The average Bonchev–Trinajstić information content (AvgIpc) is 3.40. The third-order valence-corrected chi connectivity index (χ3v) is 5.91. The summed E-state index contributed by atoms with van der Waals surface area (Å²) in [5.41, 5.74) is 1.87. The molecule has 1 aromatic carbocycles. The number of anilines is 2. The Morgan fingerprint density at radius 1 is 1.23 bits per heavy atom. The molecule has 1 aromatic heterocycles. The molecule has 136 valence electrons. The lowest BCUT2D eigenvalue weighted by Gasteiger charge is -2.18. The minimum Gasteiger partial charge on any atom is -0.367 e. The number of nitrogens with zero attached hydrogens (tertiary/aromatic N) is 3. The van der Waals surface area contributed by atoms with Crippen LogP contribution in [0.15, 0.2) is 35.5 Å². The van der Waals surface area contributed by atoms with Crippen molar-refractivity contribution in [3.05, 3.63) is 41.5 Å². The first kappa shape index (κ1) is 17.1. The van der Waals surface area contributed by atoms with Gasteiger partial charge in [-0.15, -0.1) is 0 Å². The van der Waals surface area contributed by atoms with Crippen molar-refractivity contribution >= 4 is 28.3 Å². The maximum Gasteiger partial charge on any atom is 0.233 e. The molecule has 0 radical (unpaired) electrons. The van der Waals surface area contributed by atoms with Gasteiger partial charge >= 0.3 is 0 Å². The second-order valence-corrected chi connectivity index (χ2v) is 8.23. The number of hydrogen-bond donors (Lipinski definition) is 1. The maximum atomic E-state index is 12.7. The molecule has 1 saturated carbocycles. The van der Waals surface area contributed by atoms with Crippen LogP contribution in [-0.4, -0.2) is 31.9 Å². The highest BCUT2D eigenvalue weighted by molar-refractivity contribution is 7.84. The maximum absolute atomic E-state index is 12.7. The Balaban J connectivity index is 1.72. The summed E-state index contributed by atoms with van der Waals surface area (Å²) in [5.74, 6) is 1.82. The molecule has 6 nitrogen and oxygen atoms in total. The average molecular weight is 370 g/mol. The summed E-state index contributed by atoms with van der Waals surface area (Å²) in [5, 5.41) is 3.71. The number of nitrogens with one attached hydrogen (secondary N) is 1. The van der Waals surface area contributed by atoms with E-state index in [0.29, 0.717) is 35.1 Å². The molecule has 0 saturated heterocycles. The monoisotopic (exact) mass is 370 g/mol. The highest BCUT2D eigenvalue weighted by Crippen LogP contribution is 2.35. The van der Waals surface area contributed by atoms with E-state index in [9.17, 15) is 9.00 Å². The summed E-state index contributed by atoms with van der Waals surface area (Å²) in [6, 6.07) is 10.3. The third-order valence-electron chi connectivity index (χ3n) is 4.54. The van der Waals surface area contributed by atoms with E-state index in [1.165, 1.54) is 0 Å². The molecule has 2 heterocycles. The van der Waals surface area contributed by atoms with Crippen LogP contribution in [0.2, 0.25) is 0 Å². The number of aromatic nitrogens is 2. The molecule has 4 rings (SSSR count). The first-order valence-electron chi connectivity index (χ1n) is 9.06. The van der Waals surface area contributed by atoms with Crippen molar-refractivity contribution < 1.29 is 9.00 Å². The minimum absolute atomic E-state index is 0.00965. The summed E-state index contributed by atoms with van der Waals surface area (Å²) < 4.78 is 12.5. The lowest BCUT2D eigenvalue weighted by atomic mass is 10.2. The molecule has 1 N–H and O–H groups in total. The van der Waals surface area contributed by atoms with E-state index < -0.39 is 10.8 Å². The quantitative estimate of drug-likeness (QED) is 0.759. The summed E-state index contributed by atoms with van der Waals surface area (Å²) in [4.78, 5) is 23.4. The molecule has 1 atom stereocenters. The predicted molar refractivity (Wildman–Crippen MR) is 102 cm³/mol. The number of carbonyl (C=O) groups excluding carboxylic acids is 1. The number of benzene rings is 1. The van der Waals surface area contributed by atoms with Crippen molar-refractivity contribution in [2.24, 2.45) is 0 Å². The van der Waals surface area contributed by atoms with Gasteiger partial charge < -0.3 is 5.32 Å². The van der Waals surface area contributed by atoms with Crippen molar-refractivity contribution in [2.75, 3.05) is 16.0 Å². The van der Waals surface area contributed by atoms with E-state index in [-0.39, 0.29) is 12.3 Å². The van der Waals surface area contributed by atoms with Crippen molar-refractivity contribution in [2.45, 2.75) is 50.4 Å². The summed E-state index contributed by atoms with van der Waals surface area (Å²) in [6.45, 7) is 2.45. The molecular weight excluding hydrogens is 348 g/mol. The number of amides is 1. The zero-order chi connectivity index (χ0) is 18.1. The van der Waals surface area contributed by atoms with E-state index in [4.69, 9.17) is 0 Å². The van der Waals surface area contributed by atoms with Crippen LogP contribution in [0.1, 0.15) is 37.3 Å². The van der Waals surface area contributed by atoms with Crippen LogP contribution in [0.4, 0.5) is 11.6 Å². The first-order valence-corrected chi connectivity index (χ1v) is 10.4. The molecule has 1 amide bonds. The fourth-order valence-electron chi connectivity index (χ4n) is 3.05. The smallest absolute Gasteiger partial charge is 0.233 e. The molecule has 7 heteroatoms. The Morgan fingerprint density at radius 2 is 2.00 bits per heavy atom. The van der Waals surface area contributed by atoms with Crippen LogP contribution in [0.5, 0.6) is 0 Å². The van der Waals surface area contributed by atoms with E-state index in [0.717, 1.165) is 30.4 Å². The standard InChI is InChI=1S/C19H22N4O2S/c1-2-10-26(25)19-21-17(20-14-8-9-14)15-11-16(24)23(18(15)22-19)12-13-6-4-3-5-7-13/h3-7,14H,2,8-12H2,1H3,(H,20,21,22). The zero-order valence-electron chi connectivity index (χ0n) is 14.8. The molecular formula is C19H22N4O2S. The van der Waals surface area contributed by atoms with Gasteiger partial charge in [0, 0.05) is 17.4 Å². The van der Waals surface area contributed by atoms with Gasteiger partial charge in [-0.25, -0.2) is 9.97 Å². The molecule has 26 heavy (non-hydrogen) atoms. The Kier molecular flexibility index (Phi) is 4.72. The molecule has 2 aliphatic rings. The van der Waals surface area contributed by atoms with Gasteiger partial charge in [0.1, 0.15) is 11.6 Å². The molecule has 1 aliphatic carbocycles. The van der Waals surface area contributed by atoms with Crippen LogP contribution >= 0.6 is 0 Å². The third kappa shape index (κ3) is 3.49. The predicted octanol–water partition coefficient (Wildman–Crippen LogP) is 2.66. The second-order valence-electron chi connectivity index (χ2n) is 6.77. The normalized spacial score (nSPS) is 17.3. The molecule has 2 aromatic rings. The van der Waals surface area contributed by atoms with E-state index in [1.54, 1.807) is 4.90 Å². The summed E-state index contributed by atoms with van der Waals surface area (Å²) >= 11 is 0. The Bertz CT molecular complexity index is 852. The number of fused-ring (bicyclic) bond motifs is 1. The molecule has 1 aliphatic heterocycles. The second kappa shape index (κ2) is 7.15. The zero-order valence-corrected chi connectivity index (χ0v) is 15.6. The van der Waals surface area contributed by atoms with Gasteiger partial charge in [0.05, 0.1) is 23.8 Å². The van der Waals surface area contributed by atoms with Crippen LogP contribution in [0.25, 0.3) is 0 Å². The highest BCUT2D eigenvalue weighted by Gasteiger charge is 2.34. The van der Waals surface area contributed by atoms with Gasteiger partial charge in [-0.05, 0) is 24.8 Å². The van der Waals surface area contributed by atoms with Crippen molar-refractivity contribution in [1.82, 2.24) is 9.97 Å². The number of carbonyl (C=O) groups is 1. The van der Waals surface area contributed by atoms with Gasteiger partial charge in [-0.2, -0.15) is 0 Å². The van der Waals surface area contributed by atoms with Gasteiger partial charge in [0.25, 0.3) is 0 Å². The first-order chi connectivity index (χ1) is 12.7. The fraction of sp³-hybridized carbons (Fsp3) is 0.421. The van der Waals surface area contributed by atoms with Crippen molar-refractivity contribution in [3.8, 4) is 0 Å². The van der Waals surface area contributed by atoms with Gasteiger partial charge in [0.15, 0.2) is 0 Å². The summed E-state index contributed by atoms with van der Waals surface area (Å²) in [7, 11) is -1.25. The van der Waals surface area contributed by atoms with Gasteiger partial charge in [-0.1, -0.05) is 37.3 Å². The summed E-state index contributed by atoms with van der Waals surface area (Å²) in [6.07, 6.45) is 3.30. The van der Waals surface area contributed by atoms with E-state index >= 15 is 0 Å². The van der Waals surface area contributed by atoms with E-state index in [1.807, 2.05) is 37.3 Å². The lowest BCUT2D eigenvalue weighted by Crippen LogP contribution is -2.27. The van der Waals surface area contributed by atoms with Crippen LogP contribution in [0.3, 0.4) is 0 Å². The molecule has 0 spiro atoms. The topological polar surface area (TPSA) is 75.2 Å².